The first kappa shape index (κ1) is 15.9. The van der Waals surface area contributed by atoms with Crippen molar-refractivity contribution in [2.45, 2.75) is 58.4 Å². The van der Waals surface area contributed by atoms with Gasteiger partial charge in [0.25, 0.3) is 0 Å². The van der Waals surface area contributed by atoms with Gasteiger partial charge in [-0.1, -0.05) is 32.4 Å². The van der Waals surface area contributed by atoms with E-state index in [1.54, 1.807) is 0 Å². The molecule has 0 radical (unpaired) electrons. The van der Waals surface area contributed by atoms with Crippen molar-refractivity contribution < 1.29 is 4.79 Å². The molecule has 2 rings (SSSR count). The second-order valence-corrected chi connectivity index (χ2v) is 6.93. The van der Waals surface area contributed by atoms with Gasteiger partial charge in [0.15, 0.2) is 0 Å². The number of anilines is 1. The summed E-state index contributed by atoms with van der Waals surface area (Å²) in [5.74, 6) is 1.43. The zero-order valence-corrected chi connectivity index (χ0v) is 13.6. The number of nitrogens with two attached hydrogens (primary N) is 1. The van der Waals surface area contributed by atoms with Crippen molar-refractivity contribution in [3.63, 3.8) is 0 Å². The van der Waals surface area contributed by atoms with E-state index in [0.717, 1.165) is 23.6 Å². The third kappa shape index (κ3) is 3.22. The molecule has 3 unspecified atom stereocenters. The quantitative estimate of drug-likeness (QED) is 0.833. The SMILES string of the molecule is CCC1CCC(NC(=O)C(C)(C)c2ccc(N)cc2)C1C. The monoisotopic (exact) mass is 288 g/mol. The average molecular weight is 288 g/mol. The van der Waals surface area contributed by atoms with Crippen molar-refractivity contribution in [1.29, 1.82) is 0 Å². The highest BCUT2D eigenvalue weighted by molar-refractivity contribution is 5.87. The van der Waals surface area contributed by atoms with Crippen LogP contribution in [0.15, 0.2) is 24.3 Å². The highest BCUT2D eigenvalue weighted by atomic mass is 16.2. The molecule has 21 heavy (non-hydrogen) atoms. The third-order valence-corrected chi connectivity index (χ3v) is 5.27. The normalized spacial score (nSPS) is 25.8. The van der Waals surface area contributed by atoms with Crippen LogP contribution in [0.25, 0.3) is 0 Å². The molecule has 3 atom stereocenters. The minimum absolute atomic E-state index is 0.112. The molecular weight excluding hydrogens is 260 g/mol. The molecule has 1 amide bonds. The number of nitrogen functional groups attached to an aromatic ring is 1. The maximum atomic E-state index is 12.7. The Morgan fingerprint density at radius 1 is 1.29 bits per heavy atom. The van der Waals surface area contributed by atoms with E-state index in [0.29, 0.717) is 12.0 Å². The first-order valence-electron chi connectivity index (χ1n) is 8.03. The van der Waals surface area contributed by atoms with Gasteiger partial charge in [-0.05, 0) is 56.2 Å². The molecule has 116 valence electrons. The minimum atomic E-state index is -0.530. The van der Waals surface area contributed by atoms with Crippen LogP contribution in [0, 0.1) is 11.8 Å². The zero-order chi connectivity index (χ0) is 15.6. The summed E-state index contributed by atoms with van der Waals surface area (Å²) in [6, 6.07) is 7.92. The fraction of sp³-hybridized carbons (Fsp3) is 0.611. The van der Waals surface area contributed by atoms with Gasteiger partial charge in [0.2, 0.25) is 5.91 Å². The summed E-state index contributed by atoms with van der Waals surface area (Å²) < 4.78 is 0. The van der Waals surface area contributed by atoms with Crippen LogP contribution < -0.4 is 11.1 Å². The number of carbonyl (C=O) groups is 1. The number of hydrogen-bond acceptors (Lipinski definition) is 2. The number of nitrogens with one attached hydrogen (secondary N) is 1. The van der Waals surface area contributed by atoms with Crippen LogP contribution in [-0.2, 0) is 10.2 Å². The van der Waals surface area contributed by atoms with E-state index in [2.05, 4.69) is 19.2 Å². The highest BCUT2D eigenvalue weighted by Gasteiger charge is 2.36. The third-order valence-electron chi connectivity index (χ3n) is 5.27. The molecule has 1 aromatic carbocycles. The molecule has 0 aromatic heterocycles. The van der Waals surface area contributed by atoms with E-state index in [9.17, 15) is 4.79 Å². The topological polar surface area (TPSA) is 55.1 Å². The van der Waals surface area contributed by atoms with Crippen molar-refractivity contribution in [2.24, 2.45) is 11.8 Å². The molecule has 1 aliphatic carbocycles. The first-order chi connectivity index (χ1) is 9.86. The predicted octanol–water partition coefficient (Wildman–Crippen LogP) is 3.49. The van der Waals surface area contributed by atoms with E-state index in [-0.39, 0.29) is 5.91 Å². The van der Waals surface area contributed by atoms with Gasteiger partial charge in [-0.3, -0.25) is 4.79 Å². The minimum Gasteiger partial charge on any atom is -0.399 e. The highest BCUT2D eigenvalue weighted by Crippen LogP contribution is 2.34. The molecule has 0 spiro atoms. The summed E-state index contributed by atoms with van der Waals surface area (Å²) in [6.07, 6.45) is 3.53. The summed E-state index contributed by atoms with van der Waals surface area (Å²) in [7, 11) is 0. The number of hydrogen-bond donors (Lipinski definition) is 2. The van der Waals surface area contributed by atoms with E-state index in [1.807, 2.05) is 38.1 Å². The fourth-order valence-corrected chi connectivity index (χ4v) is 3.41. The molecule has 1 saturated carbocycles. The number of amides is 1. The molecule has 0 aliphatic heterocycles. The number of carbonyl (C=O) groups excluding carboxylic acids is 1. The summed E-state index contributed by atoms with van der Waals surface area (Å²) in [5.41, 5.74) is 6.93. The molecular formula is C18H28N2O. The molecule has 3 N–H and O–H groups in total. The Labute approximate surface area is 128 Å². The van der Waals surface area contributed by atoms with Crippen LogP contribution >= 0.6 is 0 Å². The molecule has 0 heterocycles. The van der Waals surface area contributed by atoms with Crippen molar-refractivity contribution in [3.8, 4) is 0 Å². The van der Waals surface area contributed by atoms with E-state index in [1.165, 1.54) is 12.8 Å². The summed E-state index contributed by atoms with van der Waals surface area (Å²) >= 11 is 0. The Morgan fingerprint density at radius 2 is 1.90 bits per heavy atom. The van der Waals surface area contributed by atoms with Crippen molar-refractivity contribution in [1.82, 2.24) is 5.32 Å². The van der Waals surface area contributed by atoms with E-state index < -0.39 is 5.41 Å². The maximum Gasteiger partial charge on any atom is 0.230 e. The lowest BCUT2D eigenvalue weighted by Crippen LogP contribution is -2.46. The molecule has 1 aromatic rings. The number of rotatable bonds is 4. The van der Waals surface area contributed by atoms with Crippen molar-refractivity contribution in [2.75, 3.05) is 5.73 Å². The van der Waals surface area contributed by atoms with Gasteiger partial charge >= 0.3 is 0 Å². The van der Waals surface area contributed by atoms with Gasteiger partial charge in [-0.2, -0.15) is 0 Å². The summed E-state index contributed by atoms with van der Waals surface area (Å²) in [4.78, 5) is 12.7. The maximum absolute atomic E-state index is 12.7. The zero-order valence-electron chi connectivity index (χ0n) is 13.6. The summed E-state index contributed by atoms with van der Waals surface area (Å²) in [6.45, 7) is 8.46. The molecule has 1 fully saturated rings. The van der Waals surface area contributed by atoms with Gasteiger partial charge in [0.1, 0.15) is 0 Å². The van der Waals surface area contributed by atoms with Crippen LogP contribution in [-0.4, -0.2) is 11.9 Å². The lowest BCUT2D eigenvalue weighted by molar-refractivity contribution is -0.126. The van der Waals surface area contributed by atoms with Crippen molar-refractivity contribution in [3.05, 3.63) is 29.8 Å². The lowest BCUT2D eigenvalue weighted by Gasteiger charge is -2.28. The van der Waals surface area contributed by atoms with Gasteiger partial charge in [0.05, 0.1) is 5.41 Å². The second kappa shape index (κ2) is 6.08. The largest absolute Gasteiger partial charge is 0.399 e. The van der Waals surface area contributed by atoms with Gasteiger partial charge in [0, 0.05) is 11.7 Å². The number of benzene rings is 1. The lowest BCUT2D eigenvalue weighted by atomic mass is 9.83. The summed E-state index contributed by atoms with van der Waals surface area (Å²) in [5, 5.41) is 3.28. The molecule has 0 saturated heterocycles. The van der Waals surface area contributed by atoms with Gasteiger partial charge in [-0.25, -0.2) is 0 Å². The van der Waals surface area contributed by atoms with Crippen LogP contribution in [0.1, 0.15) is 52.5 Å². The molecule has 3 heteroatoms. The molecule has 1 aliphatic rings. The van der Waals surface area contributed by atoms with Crippen LogP contribution in [0.5, 0.6) is 0 Å². The Kier molecular flexibility index (Phi) is 4.60. The van der Waals surface area contributed by atoms with Crippen LogP contribution in [0.2, 0.25) is 0 Å². The second-order valence-electron chi connectivity index (χ2n) is 6.93. The Bertz CT molecular complexity index is 492. The van der Waals surface area contributed by atoms with E-state index >= 15 is 0 Å². The average Bonchev–Trinajstić information content (AvgIpc) is 2.80. The Balaban J connectivity index is 2.07. The standard InChI is InChI=1S/C18H28N2O/c1-5-13-6-11-16(12(13)2)20-17(21)18(3,4)14-7-9-15(19)10-8-14/h7-10,12-13,16H,5-6,11,19H2,1-4H3,(H,20,21). The first-order valence-corrected chi connectivity index (χ1v) is 8.03. The van der Waals surface area contributed by atoms with Crippen molar-refractivity contribution >= 4 is 11.6 Å². The Hall–Kier alpha value is -1.51. The van der Waals surface area contributed by atoms with Crippen LogP contribution in [0.3, 0.4) is 0 Å². The molecule has 0 bridgehead atoms. The fourth-order valence-electron chi connectivity index (χ4n) is 3.41. The predicted molar refractivity (Wildman–Crippen MR) is 88.0 cm³/mol. The molecule has 3 nitrogen and oxygen atoms in total. The smallest absolute Gasteiger partial charge is 0.230 e. The van der Waals surface area contributed by atoms with Crippen LogP contribution in [0.4, 0.5) is 5.69 Å². The van der Waals surface area contributed by atoms with Gasteiger partial charge in [-0.15, -0.1) is 0 Å². The van der Waals surface area contributed by atoms with E-state index in [4.69, 9.17) is 5.73 Å². The Morgan fingerprint density at radius 3 is 2.43 bits per heavy atom. The van der Waals surface area contributed by atoms with Gasteiger partial charge < -0.3 is 11.1 Å².